The number of nitrogens with zero attached hydrogens (tertiary/aromatic N) is 1. The number of alkyl halides is 2. The molecule has 0 aromatic rings. The summed E-state index contributed by atoms with van der Waals surface area (Å²) in [5.74, 6) is -1.73. The van der Waals surface area contributed by atoms with Gasteiger partial charge in [0, 0.05) is 25.9 Å². The number of hydrogen-bond donors (Lipinski definition) is 0. The molecule has 0 radical (unpaired) electrons. The Labute approximate surface area is 92.8 Å². The van der Waals surface area contributed by atoms with E-state index in [0.29, 0.717) is 19.0 Å². The minimum absolute atomic E-state index is 0.0467. The molecule has 1 rings (SSSR count). The van der Waals surface area contributed by atoms with Gasteiger partial charge in [-0.1, -0.05) is 27.7 Å². The van der Waals surface area contributed by atoms with E-state index in [1.165, 1.54) is 0 Å². The Kier molecular flexibility index (Phi) is 7.07. The van der Waals surface area contributed by atoms with Gasteiger partial charge >= 0.3 is 0 Å². The summed E-state index contributed by atoms with van der Waals surface area (Å²) in [4.78, 5) is 2.15. The van der Waals surface area contributed by atoms with Gasteiger partial charge in [0.1, 0.15) is 0 Å². The van der Waals surface area contributed by atoms with Gasteiger partial charge in [-0.25, -0.2) is 8.78 Å². The summed E-state index contributed by atoms with van der Waals surface area (Å²) in [5, 5.41) is 0. The smallest absolute Gasteiger partial charge is 0.250 e. The van der Waals surface area contributed by atoms with Gasteiger partial charge in [-0.15, -0.1) is 0 Å². The number of hydrogen-bond acceptors (Lipinski definition) is 1. The van der Waals surface area contributed by atoms with E-state index in [1.807, 2.05) is 13.8 Å². The standard InChI is InChI=1S/C10H19F2N.C2H6/c1-9(2)3-6-13-7-4-10(11,12)5-8-13;1-2/h9H,3-8H2,1-2H3;1-2H3. The SMILES string of the molecule is CC.CC(C)CCN1CCC(F)(F)CC1. The molecule has 0 amide bonds. The maximum Gasteiger partial charge on any atom is 0.250 e. The zero-order valence-corrected chi connectivity index (χ0v) is 10.5. The van der Waals surface area contributed by atoms with E-state index in [4.69, 9.17) is 0 Å². The van der Waals surface area contributed by atoms with E-state index in [1.54, 1.807) is 0 Å². The third-order valence-corrected chi connectivity index (χ3v) is 2.61. The molecule has 0 spiro atoms. The lowest BCUT2D eigenvalue weighted by molar-refractivity contribution is -0.0555. The van der Waals surface area contributed by atoms with Crippen LogP contribution in [-0.4, -0.2) is 30.5 Å². The van der Waals surface area contributed by atoms with E-state index < -0.39 is 5.92 Å². The van der Waals surface area contributed by atoms with Gasteiger partial charge in [-0.2, -0.15) is 0 Å². The van der Waals surface area contributed by atoms with Crippen molar-refractivity contribution >= 4 is 0 Å². The minimum Gasteiger partial charge on any atom is -0.303 e. The van der Waals surface area contributed by atoms with Crippen LogP contribution in [0.3, 0.4) is 0 Å². The Balaban J connectivity index is 0.000000921. The van der Waals surface area contributed by atoms with Crippen LogP contribution in [0.25, 0.3) is 0 Å². The maximum atomic E-state index is 12.7. The number of likely N-dealkylation sites (tertiary alicyclic amines) is 1. The van der Waals surface area contributed by atoms with Gasteiger partial charge in [0.15, 0.2) is 0 Å². The van der Waals surface area contributed by atoms with Crippen LogP contribution in [0.2, 0.25) is 0 Å². The van der Waals surface area contributed by atoms with Crippen molar-refractivity contribution in [2.75, 3.05) is 19.6 Å². The Morgan fingerprint density at radius 3 is 2.00 bits per heavy atom. The third-order valence-electron chi connectivity index (χ3n) is 2.61. The van der Waals surface area contributed by atoms with Gasteiger partial charge in [0.25, 0.3) is 5.92 Å². The van der Waals surface area contributed by atoms with Crippen molar-refractivity contribution in [1.29, 1.82) is 0 Å². The first kappa shape index (κ1) is 14.8. The average Bonchev–Trinajstić information content (AvgIpc) is 2.19. The van der Waals surface area contributed by atoms with Crippen molar-refractivity contribution in [1.82, 2.24) is 4.90 Å². The van der Waals surface area contributed by atoms with Gasteiger partial charge in [0.05, 0.1) is 0 Å². The summed E-state index contributed by atoms with van der Waals surface area (Å²) < 4.78 is 25.5. The molecule has 0 aromatic heterocycles. The first-order valence-electron chi connectivity index (χ1n) is 6.10. The molecule has 1 heterocycles. The largest absolute Gasteiger partial charge is 0.303 e. The Bertz CT molecular complexity index is 145. The first-order chi connectivity index (χ1) is 6.99. The molecule has 3 heteroatoms. The molecule has 0 saturated carbocycles. The zero-order chi connectivity index (χ0) is 11.9. The lowest BCUT2D eigenvalue weighted by Crippen LogP contribution is -2.39. The lowest BCUT2D eigenvalue weighted by Gasteiger charge is -2.31. The number of piperidine rings is 1. The Morgan fingerprint density at radius 1 is 1.13 bits per heavy atom. The molecule has 1 saturated heterocycles. The Hall–Kier alpha value is -0.180. The van der Waals surface area contributed by atoms with Gasteiger partial charge in [-0.3, -0.25) is 0 Å². The summed E-state index contributed by atoms with van der Waals surface area (Å²) in [5.41, 5.74) is 0. The summed E-state index contributed by atoms with van der Waals surface area (Å²) in [7, 11) is 0. The molecule has 0 aliphatic carbocycles. The van der Waals surface area contributed by atoms with Crippen molar-refractivity contribution in [2.45, 2.75) is 52.9 Å². The highest BCUT2D eigenvalue weighted by atomic mass is 19.3. The fourth-order valence-corrected chi connectivity index (χ4v) is 1.54. The Morgan fingerprint density at radius 2 is 1.60 bits per heavy atom. The van der Waals surface area contributed by atoms with Gasteiger partial charge < -0.3 is 4.90 Å². The second kappa shape index (κ2) is 7.15. The summed E-state index contributed by atoms with van der Waals surface area (Å²) in [6, 6.07) is 0. The molecule has 0 unspecified atom stereocenters. The highest BCUT2D eigenvalue weighted by molar-refractivity contribution is 4.77. The number of halogens is 2. The molecular weight excluding hydrogens is 196 g/mol. The van der Waals surface area contributed by atoms with E-state index >= 15 is 0 Å². The summed E-state index contributed by atoms with van der Waals surface area (Å²) >= 11 is 0. The van der Waals surface area contributed by atoms with Crippen LogP contribution in [0.15, 0.2) is 0 Å². The van der Waals surface area contributed by atoms with Crippen LogP contribution in [-0.2, 0) is 0 Å². The van der Waals surface area contributed by atoms with Gasteiger partial charge in [-0.05, 0) is 18.9 Å². The molecule has 0 N–H and O–H groups in total. The van der Waals surface area contributed by atoms with Crippen LogP contribution in [0, 0.1) is 5.92 Å². The highest BCUT2D eigenvalue weighted by Crippen LogP contribution is 2.27. The van der Waals surface area contributed by atoms with E-state index in [-0.39, 0.29) is 12.8 Å². The number of rotatable bonds is 3. The molecule has 0 atom stereocenters. The molecule has 1 fully saturated rings. The second-order valence-corrected chi connectivity index (χ2v) is 4.38. The summed E-state index contributed by atoms with van der Waals surface area (Å²) in [6.45, 7) is 10.4. The van der Waals surface area contributed by atoms with Crippen LogP contribution in [0.4, 0.5) is 8.78 Å². The molecule has 0 bridgehead atoms. The molecule has 1 nitrogen and oxygen atoms in total. The molecule has 0 aromatic carbocycles. The van der Waals surface area contributed by atoms with E-state index in [9.17, 15) is 8.78 Å². The van der Waals surface area contributed by atoms with Crippen molar-refractivity contribution in [3.8, 4) is 0 Å². The molecule has 92 valence electrons. The van der Waals surface area contributed by atoms with Gasteiger partial charge in [0.2, 0.25) is 0 Å². The first-order valence-corrected chi connectivity index (χ1v) is 6.10. The monoisotopic (exact) mass is 221 g/mol. The summed E-state index contributed by atoms with van der Waals surface area (Å²) in [6.07, 6.45) is 1.21. The van der Waals surface area contributed by atoms with Crippen LogP contribution < -0.4 is 0 Å². The van der Waals surface area contributed by atoms with Crippen molar-refractivity contribution in [3.63, 3.8) is 0 Å². The molecule has 15 heavy (non-hydrogen) atoms. The van der Waals surface area contributed by atoms with Crippen molar-refractivity contribution < 1.29 is 8.78 Å². The van der Waals surface area contributed by atoms with Crippen LogP contribution in [0.5, 0.6) is 0 Å². The predicted octanol–water partition coefficient (Wildman–Crippen LogP) is 3.79. The zero-order valence-electron chi connectivity index (χ0n) is 10.5. The van der Waals surface area contributed by atoms with Crippen LogP contribution in [0.1, 0.15) is 47.0 Å². The maximum absolute atomic E-state index is 12.7. The topological polar surface area (TPSA) is 3.24 Å². The molecule has 1 aliphatic heterocycles. The minimum atomic E-state index is -2.39. The predicted molar refractivity (Wildman–Crippen MR) is 61.4 cm³/mol. The second-order valence-electron chi connectivity index (χ2n) is 4.38. The van der Waals surface area contributed by atoms with E-state index in [0.717, 1.165) is 13.0 Å². The van der Waals surface area contributed by atoms with E-state index in [2.05, 4.69) is 18.7 Å². The van der Waals surface area contributed by atoms with Crippen molar-refractivity contribution in [3.05, 3.63) is 0 Å². The molecule has 1 aliphatic rings. The fraction of sp³-hybridized carbons (Fsp3) is 1.00. The fourth-order valence-electron chi connectivity index (χ4n) is 1.54. The van der Waals surface area contributed by atoms with Crippen LogP contribution >= 0.6 is 0 Å². The normalized spacial score (nSPS) is 21.0. The lowest BCUT2D eigenvalue weighted by atomic mass is 10.1. The third kappa shape index (κ3) is 6.82. The average molecular weight is 221 g/mol. The van der Waals surface area contributed by atoms with Crippen molar-refractivity contribution in [2.24, 2.45) is 5.92 Å². The quantitative estimate of drug-likeness (QED) is 0.701. The molecular formula is C12H25F2N. The highest BCUT2D eigenvalue weighted by Gasteiger charge is 2.33.